The normalized spacial score (nSPS) is 16.6. The van der Waals surface area contributed by atoms with Crippen molar-refractivity contribution >= 4 is 0 Å². The monoisotopic (exact) mass is 357 g/mol. The van der Waals surface area contributed by atoms with E-state index in [1.165, 1.54) is 5.56 Å². The van der Waals surface area contributed by atoms with Gasteiger partial charge < -0.3 is 19.5 Å². The van der Waals surface area contributed by atoms with Gasteiger partial charge in [-0.1, -0.05) is 0 Å². The molecule has 3 rings (SSSR count). The first-order valence-corrected chi connectivity index (χ1v) is 8.93. The summed E-state index contributed by atoms with van der Waals surface area (Å²) in [6.45, 7) is 4.03. The molecule has 0 spiro atoms. The van der Waals surface area contributed by atoms with Crippen molar-refractivity contribution in [3.63, 3.8) is 0 Å². The topological polar surface area (TPSA) is 55.9 Å². The molecule has 0 saturated carbocycles. The van der Waals surface area contributed by atoms with E-state index in [2.05, 4.69) is 27.3 Å². The van der Waals surface area contributed by atoms with Crippen LogP contribution in [0.1, 0.15) is 23.6 Å². The van der Waals surface area contributed by atoms with Gasteiger partial charge in [-0.25, -0.2) is 0 Å². The Labute approximate surface area is 155 Å². The minimum atomic E-state index is 0.103. The minimum Gasteiger partial charge on any atom is -0.493 e. The number of nitrogens with zero attached hydrogens (tertiary/aromatic N) is 2. The number of hydrogen-bond donors (Lipinski definition) is 1. The van der Waals surface area contributed by atoms with Crippen LogP contribution < -0.4 is 19.5 Å². The zero-order chi connectivity index (χ0) is 18.4. The maximum Gasteiger partial charge on any atom is 0.203 e. The zero-order valence-corrected chi connectivity index (χ0v) is 15.7. The number of nitrogens with one attached hydrogen (secondary N) is 1. The molecule has 2 aromatic rings. The smallest absolute Gasteiger partial charge is 0.203 e. The second kappa shape index (κ2) is 8.87. The summed E-state index contributed by atoms with van der Waals surface area (Å²) in [4.78, 5) is 6.68. The Morgan fingerprint density at radius 2 is 1.62 bits per heavy atom. The highest BCUT2D eigenvalue weighted by Crippen LogP contribution is 2.42. The van der Waals surface area contributed by atoms with E-state index in [4.69, 9.17) is 14.2 Å². The predicted octanol–water partition coefficient (Wildman–Crippen LogP) is 2.49. The molecule has 0 aliphatic carbocycles. The minimum absolute atomic E-state index is 0.103. The SMILES string of the molecule is COc1cc(C(c2ccncc2)N2CCCNCC2)cc(OC)c1OC. The van der Waals surface area contributed by atoms with Gasteiger partial charge in [-0.3, -0.25) is 9.88 Å². The van der Waals surface area contributed by atoms with E-state index in [9.17, 15) is 0 Å². The van der Waals surface area contributed by atoms with Crippen molar-refractivity contribution in [1.82, 2.24) is 15.2 Å². The van der Waals surface area contributed by atoms with Crippen LogP contribution in [0.25, 0.3) is 0 Å². The Kier molecular flexibility index (Phi) is 6.30. The second-order valence-corrected chi connectivity index (χ2v) is 6.28. The first kappa shape index (κ1) is 18.5. The van der Waals surface area contributed by atoms with E-state index < -0.39 is 0 Å². The van der Waals surface area contributed by atoms with Gasteiger partial charge in [0.15, 0.2) is 11.5 Å². The van der Waals surface area contributed by atoms with Gasteiger partial charge in [0.2, 0.25) is 5.75 Å². The number of benzene rings is 1. The van der Waals surface area contributed by atoms with Crippen molar-refractivity contribution in [2.45, 2.75) is 12.5 Å². The van der Waals surface area contributed by atoms with Crippen molar-refractivity contribution in [3.8, 4) is 17.2 Å². The number of methoxy groups -OCH3 is 3. The van der Waals surface area contributed by atoms with Crippen LogP contribution >= 0.6 is 0 Å². The molecule has 6 heteroatoms. The molecule has 26 heavy (non-hydrogen) atoms. The van der Waals surface area contributed by atoms with E-state index >= 15 is 0 Å². The highest BCUT2D eigenvalue weighted by atomic mass is 16.5. The largest absolute Gasteiger partial charge is 0.493 e. The van der Waals surface area contributed by atoms with Crippen molar-refractivity contribution in [2.75, 3.05) is 47.5 Å². The van der Waals surface area contributed by atoms with Crippen LogP contribution in [-0.4, -0.2) is 57.4 Å². The fourth-order valence-electron chi connectivity index (χ4n) is 3.54. The summed E-state index contributed by atoms with van der Waals surface area (Å²) in [5.74, 6) is 1.97. The molecule has 0 amide bonds. The number of pyridine rings is 1. The van der Waals surface area contributed by atoms with Gasteiger partial charge in [0.25, 0.3) is 0 Å². The average Bonchev–Trinajstić information content (AvgIpc) is 2.97. The highest BCUT2D eigenvalue weighted by molar-refractivity contribution is 5.55. The van der Waals surface area contributed by atoms with Gasteiger partial charge >= 0.3 is 0 Å². The number of aromatic nitrogens is 1. The molecule has 1 aliphatic rings. The van der Waals surface area contributed by atoms with Gasteiger partial charge in [0.1, 0.15) is 0 Å². The fourth-order valence-corrected chi connectivity index (χ4v) is 3.54. The molecule has 1 aromatic carbocycles. The molecule has 1 saturated heterocycles. The van der Waals surface area contributed by atoms with E-state index in [0.717, 1.165) is 38.2 Å². The second-order valence-electron chi connectivity index (χ2n) is 6.28. The van der Waals surface area contributed by atoms with Crippen molar-refractivity contribution in [1.29, 1.82) is 0 Å². The van der Waals surface area contributed by atoms with E-state index in [0.29, 0.717) is 17.2 Å². The first-order chi connectivity index (χ1) is 12.8. The summed E-state index contributed by atoms with van der Waals surface area (Å²) in [6, 6.07) is 8.35. The molecule has 1 fully saturated rings. The predicted molar refractivity (Wildman–Crippen MR) is 101 cm³/mol. The number of ether oxygens (including phenoxy) is 3. The molecular weight excluding hydrogens is 330 g/mol. The summed E-state index contributed by atoms with van der Waals surface area (Å²) in [5, 5.41) is 3.47. The van der Waals surface area contributed by atoms with E-state index in [1.807, 2.05) is 24.5 Å². The van der Waals surface area contributed by atoms with Gasteiger partial charge in [-0.15, -0.1) is 0 Å². The third-order valence-electron chi connectivity index (χ3n) is 4.76. The Morgan fingerprint density at radius 3 is 2.23 bits per heavy atom. The lowest BCUT2D eigenvalue weighted by Crippen LogP contribution is -2.33. The van der Waals surface area contributed by atoms with Gasteiger partial charge in [0, 0.05) is 32.0 Å². The van der Waals surface area contributed by atoms with Gasteiger partial charge in [-0.2, -0.15) is 0 Å². The first-order valence-electron chi connectivity index (χ1n) is 8.93. The van der Waals surface area contributed by atoms with Crippen LogP contribution in [0.2, 0.25) is 0 Å². The third kappa shape index (κ3) is 3.92. The Balaban J connectivity index is 2.09. The summed E-state index contributed by atoms with van der Waals surface area (Å²) in [5.41, 5.74) is 2.32. The number of rotatable bonds is 6. The number of hydrogen-bond acceptors (Lipinski definition) is 6. The van der Waals surface area contributed by atoms with Crippen LogP contribution in [0, 0.1) is 0 Å². The maximum atomic E-state index is 5.57. The molecule has 140 valence electrons. The van der Waals surface area contributed by atoms with Gasteiger partial charge in [0.05, 0.1) is 27.4 Å². The van der Waals surface area contributed by atoms with Crippen LogP contribution in [-0.2, 0) is 0 Å². The summed E-state index contributed by atoms with van der Waals surface area (Å²) in [6.07, 6.45) is 4.80. The molecule has 1 N–H and O–H groups in total. The zero-order valence-electron chi connectivity index (χ0n) is 15.7. The fraction of sp³-hybridized carbons (Fsp3) is 0.450. The highest BCUT2D eigenvalue weighted by Gasteiger charge is 2.26. The van der Waals surface area contributed by atoms with Gasteiger partial charge in [-0.05, 0) is 48.4 Å². The van der Waals surface area contributed by atoms with E-state index in [-0.39, 0.29) is 6.04 Å². The standard InChI is InChI=1S/C20H27N3O3/c1-24-17-13-16(14-18(25-2)20(17)26-3)19(15-5-8-22-9-6-15)23-11-4-7-21-10-12-23/h5-6,8-9,13-14,19,21H,4,7,10-12H2,1-3H3. The van der Waals surface area contributed by atoms with E-state index in [1.54, 1.807) is 21.3 Å². The van der Waals surface area contributed by atoms with Crippen LogP contribution in [0.15, 0.2) is 36.7 Å². The van der Waals surface area contributed by atoms with Crippen LogP contribution in [0.5, 0.6) is 17.2 Å². The van der Waals surface area contributed by atoms with Crippen molar-refractivity contribution in [2.24, 2.45) is 0 Å². The molecule has 6 nitrogen and oxygen atoms in total. The molecule has 1 atom stereocenters. The molecule has 2 heterocycles. The lowest BCUT2D eigenvalue weighted by Gasteiger charge is -2.32. The molecular formula is C20H27N3O3. The Hall–Kier alpha value is -2.31. The van der Waals surface area contributed by atoms with Crippen molar-refractivity contribution in [3.05, 3.63) is 47.8 Å². The quantitative estimate of drug-likeness (QED) is 0.857. The molecule has 0 bridgehead atoms. The van der Waals surface area contributed by atoms with Crippen LogP contribution in [0.4, 0.5) is 0 Å². The Morgan fingerprint density at radius 1 is 0.923 bits per heavy atom. The molecule has 1 unspecified atom stereocenters. The maximum absolute atomic E-state index is 5.57. The summed E-state index contributed by atoms with van der Waals surface area (Å²) < 4.78 is 16.6. The molecule has 1 aromatic heterocycles. The lowest BCUT2D eigenvalue weighted by atomic mass is 9.96. The summed E-state index contributed by atoms with van der Waals surface area (Å²) in [7, 11) is 4.93. The lowest BCUT2D eigenvalue weighted by molar-refractivity contribution is 0.239. The van der Waals surface area contributed by atoms with Crippen LogP contribution in [0.3, 0.4) is 0 Å². The third-order valence-corrected chi connectivity index (χ3v) is 4.76. The van der Waals surface area contributed by atoms with Crippen molar-refractivity contribution < 1.29 is 14.2 Å². The summed E-state index contributed by atoms with van der Waals surface area (Å²) >= 11 is 0. The average molecular weight is 357 g/mol. The Bertz CT molecular complexity index is 676. The molecule has 0 radical (unpaired) electrons. The molecule has 1 aliphatic heterocycles.